The first-order valence-corrected chi connectivity index (χ1v) is 9.34. The SMILES string of the molecule is CCOC(=O)c1c(C)[nH]c(C(=O)C(=O)NCc2ccccc2)c1-c1ccccc1. The zero-order valence-electron chi connectivity index (χ0n) is 16.3. The van der Waals surface area contributed by atoms with Crippen LogP contribution in [-0.4, -0.2) is 29.3 Å². The van der Waals surface area contributed by atoms with E-state index in [1.165, 1.54) is 0 Å². The maximum Gasteiger partial charge on any atom is 0.340 e. The molecular formula is C23H22N2O4. The van der Waals surface area contributed by atoms with Crippen LogP contribution in [0.5, 0.6) is 0 Å². The standard InChI is InChI=1S/C23H22N2O4/c1-3-29-23(28)18-15(2)25-20(19(18)17-12-8-5-9-13-17)21(26)22(27)24-14-16-10-6-4-7-11-16/h4-13,25H,3,14H2,1-2H3,(H,24,27). The summed E-state index contributed by atoms with van der Waals surface area (Å²) in [6, 6.07) is 18.3. The van der Waals surface area contributed by atoms with E-state index in [0.717, 1.165) is 5.56 Å². The summed E-state index contributed by atoms with van der Waals surface area (Å²) in [4.78, 5) is 40.9. The van der Waals surface area contributed by atoms with Crippen molar-refractivity contribution in [1.29, 1.82) is 0 Å². The zero-order valence-corrected chi connectivity index (χ0v) is 16.3. The van der Waals surface area contributed by atoms with Crippen molar-refractivity contribution in [2.24, 2.45) is 0 Å². The quantitative estimate of drug-likeness (QED) is 0.366. The van der Waals surface area contributed by atoms with E-state index in [1.807, 2.05) is 36.4 Å². The van der Waals surface area contributed by atoms with Crippen molar-refractivity contribution in [2.75, 3.05) is 6.61 Å². The van der Waals surface area contributed by atoms with Gasteiger partial charge in [0.05, 0.1) is 12.2 Å². The maximum atomic E-state index is 12.9. The van der Waals surface area contributed by atoms with Crippen molar-refractivity contribution in [3.8, 4) is 11.1 Å². The van der Waals surface area contributed by atoms with Crippen LogP contribution in [0.2, 0.25) is 0 Å². The molecule has 0 saturated carbocycles. The summed E-state index contributed by atoms with van der Waals surface area (Å²) in [5.41, 5.74) is 2.72. The average molecular weight is 390 g/mol. The predicted molar refractivity (Wildman–Crippen MR) is 110 cm³/mol. The Balaban J connectivity index is 1.95. The molecule has 0 spiro atoms. The van der Waals surface area contributed by atoms with E-state index in [-0.39, 0.29) is 24.4 Å². The number of ether oxygens (including phenoxy) is 1. The average Bonchev–Trinajstić information content (AvgIpc) is 3.10. The maximum absolute atomic E-state index is 12.9. The third-order valence-corrected chi connectivity index (χ3v) is 4.46. The number of rotatable bonds is 7. The van der Waals surface area contributed by atoms with Crippen molar-refractivity contribution in [1.82, 2.24) is 10.3 Å². The normalized spacial score (nSPS) is 10.4. The molecule has 6 heteroatoms. The van der Waals surface area contributed by atoms with Crippen molar-refractivity contribution >= 4 is 17.7 Å². The molecule has 0 radical (unpaired) electrons. The van der Waals surface area contributed by atoms with Crippen LogP contribution in [0.25, 0.3) is 11.1 Å². The second-order valence-corrected chi connectivity index (χ2v) is 6.46. The van der Waals surface area contributed by atoms with E-state index >= 15 is 0 Å². The number of hydrogen-bond acceptors (Lipinski definition) is 4. The van der Waals surface area contributed by atoms with Gasteiger partial charge in [-0.3, -0.25) is 9.59 Å². The van der Waals surface area contributed by atoms with Gasteiger partial charge in [-0.15, -0.1) is 0 Å². The molecule has 0 bridgehead atoms. The molecule has 1 amide bonds. The minimum atomic E-state index is -0.748. The first-order valence-electron chi connectivity index (χ1n) is 9.34. The smallest absolute Gasteiger partial charge is 0.340 e. The molecule has 0 fully saturated rings. The van der Waals surface area contributed by atoms with Gasteiger partial charge in [0.1, 0.15) is 5.69 Å². The van der Waals surface area contributed by atoms with E-state index in [9.17, 15) is 14.4 Å². The first-order chi connectivity index (χ1) is 14.0. The zero-order chi connectivity index (χ0) is 20.8. The van der Waals surface area contributed by atoms with Crippen LogP contribution in [-0.2, 0) is 16.1 Å². The molecule has 3 aromatic rings. The summed E-state index contributed by atoms with van der Waals surface area (Å²) in [7, 11) is 0. The number of carbonyl (C=O) groups excluding carboxylic acids is 3. The molecule has 1 heterocycles. The van der Waals surface area contributed by atoms with Crippen LogP contribution in [0.3, 0.4) is 0 Å². The molecule has 2 aromatic carbocycles. The molecule has 6 nitrogen and oxygen atoms in total. The highest BCUT2D eigenvalue weighted by atomic mass is 16.5. The first kappa shape index (κ1) is 20.1. The molecule has 1 aromatic heterocycles. The summed E-state index contributed by atoms with van der Waals surface area (Å²) in [6.45, 7) is 3.83. The molecule has 0 aliphatic heterocycles. The Bertz CT molecular complexity index is 1020. The van der Waals surface area contributed by atoms with Crippen LogP contribution in [0, 0.1) is 6.92 Å². The lowest BCUT2D eigenvalue weighted by Gasteiger charge is -2.08. The molecule has 0 saturated heterocycles. The van der Waals surface area contributed by atoms with Crippen LogP contribution in [0.4, 0.5) is 0 Å². The summed E-state index contributed by atoms with van der Waals surface area (Å²) >= 11 is 0. The summed E-state index contributed by atoms with van der Waals surface area (Å²) in [6.07, 6.45) is 0. The van der Waals surface area contributed by atoms with Crippen LogP contribution >= 0.6 is 0 Å². The summed E-state index contributed by atoms with van der Waals surface area (Å²) in [5, 5.41) is 2.63. The highest BCUT2D eigenvalue weighted by Crippen LogP contribution is 2.31. The van der Waals surface area contributed by atoms with Gasteiger partial charge in [-0.05, 0) is 25.0 Å². The van der Waals surface area contributed by atoms with E-state index in [4.69, 9.17) is 4.74 Å². The van der Waals surface area contributed by atoms with Crippen molar-refractivity contribution < 1.29 is 19.1 Å². The lowest BCUT2D eigenvalue weighted by atomic mass is 9.98. The molecule has 2 N–H and O–H groups in total. The Morgan fingerprint density at radius 2 is 1.59 bits per heavy atom. The number of amides is 1. The second kappa shape index (κ2) is 9.01. The predicted octanol–water partition coefficient (Wildman–Crippen LogP) is 3.67. The third kappa shape index (κ3) is 4.43. The highest BCUT2D eigenvalue weighted by molar-refractivity contribution is 6.43. The van der Waals surface area contributed by atoms with Gasteiger partial charge in [0, 0.05) is 17.8 Å². The van der Waals surface area contributed by atoms with Crippen molar-refractivity contribution in [3.05, 3.63) is 83.2 Å². The molecule has 148 valence electrons. The fraction of sp³-hybridized carbons (Fsp3) is 0.174. The molecule has 0 atom stereocenters. The van der Waals surface area contributed by atoms with Gasteiger partial charge in [-0.1, -0.05) is 60.7 Å². The monoisotopic (exact) mass is 390 g/mol. The number of carbonyl (C=O) groups is 3. The number of nitrogens with one attached hydrogen (secondary N) is 2. The number of benzene rings is 2. The van der Waals surface area contributed by atoms with Crippen LogP contribution < -0.4 is 5.32 Å². The number of aromatic amines is 1. The Morgan fingerprint density at radius 3 is 2.21 bits per heavy atom. The topological polar surface area (TPSA) is 88.3 Å². The van der Waals surface area contributed by atoms with Crippen molar-refractivity contribution in [2.45, 2.75) is 20.4 Å². The highest BCUT2D eigenvalue weighted by Gasteiger charge is 2.29. The molecule has 0 aliphatic carbocycles. The number of esters is 1. The van der Waals surface area contributed by atoms with Gasteiger partial charge in [0.15, 0.2) is 0 Å². The van der Waals surface area contributed by atoms with Gasteiger partial charge < -0.3 is 15.0 Å². The largest absolute Gasteiger partial charge is 0.462 e. The lowest BCUT2D eigenvalue weighted by molar-refractivity contribution is -0.117. The Labute approximate surface area is 168 Å². The lowest BCUT2D eigenvalue weighted by Crippen LogP contribution is -2.31. The van der Waals surface area contributed by atoms with E-state index in [2.05, 4.69) is 10.3 Å². The van der Waals surface area contributed by atoms with Gasteiger partial charge in [-0.2, -0.15) is 0 Å². The molecule has 29 heavy (non-hydrogen) atoms. The fourth-order valence-corrected chi connectivity index (χ4v) is 3.12. The van der Waals surface area contributed by atoms with Crippen LogP contribution in [0.15, 0.2) is 60.7 Å². The number of hydrogen-bond donors (Lipinski definition) is 2. The van der Waals surface area contributed by atoms with Gasteiger partial charge in [-0.25, -0.2) is 4.79 Å². The Morgan fingerprint density at radius 1 is 0.966 bits per heavy atom. The van der Waals surface area contributed by atoms with Gasteiger partial charge in [0.25, 0.3) is 11.7 Å². The molecular weight excluding hydrogens is 368 g/mol. The number of Topliss-reactive ketones (excluding diaryl/α,β-unsaturated/α-hetero) is 1. The van der Waals surface area contributed by atoms with E-state index < -0.39 is 17.7 Å². The second-order valence-electron chi connectivity index (χ2n) is 6.46. The summed E-state index contributed by atoms with van der Waals surface area (Å²) in [5.74, 6) is -2.02. The molecule has 0 unspecified atom stereocenters. The van der Waals surface area contributed by atoms with Crippen molar-refractivity contribution in [3.63, 3.8) is 0 Å². The van der Waals surface area contributed by atoms with Crippen LogP contribution in [0.1, 0.15) is 39.0 Å². The number of ketones is 1. The summed E-state index contributed by atoms with van der Waals surface area (Å²) < 4.78 is 5.16. The molecule has 0 aliphatic rings. The number of aryl methyl sites for hydroxylation is 1. The Hall–Kier alpha value is -3.67. The minimum absolute atomic E-state index is 0.0716. The van der Waals surface area contributed by atoms with Gasteiger partial charge in [0.2, 0.25) is 0 Å². The Kier molecular flexibility index (Phi) is 6.24. The fourth-order valence-electron chi connectivity index (χ4n) is 3.12. The number of H-pyrrole nitrogens is 1. The minimum Gasteiger partial charge on any atom is -0.462 e. The third-order valence-electron chi connectivity index (χ3n) is 4.46. The number of aromatic nitrogens is 1. The molecule has 3 rings (SSSR count). The van der Waals surface area contributed by atoms with Gasteiger partial charge >= 0.3 is 5.97 Å². The van der Waals surface area contributed by atoms with E-state index in [1.54, 1.807) is 38.1 Å². The van der Waals surface area contributed by atoms with E-state index in [0.29, 0.717) is 16.8 Å².